The lowest BCUT2D eigenvalue weighted by Crippen LogP contribution is -2.38. The Hall–Kier alpha value is -1.44. The normalized spacial score (nSPS) is 19.4. The first-order valence-corrected chi connectivity index (χ1v) is 7.58. The van der Waals surface area contributed by atoms with Crippen LogP contribution < -0.4 is 0 Å². The van der Waals surface area contributed by atoms with Crippen molar-refractivity contribution >= 4 is 21.6 Å². The van der Waals surface area contributed by atoms with E-state index < -0.39 is 0 Å². The number of benzene rings is 1. The first-order chi connectivity index (χ1) is 9.28. The molecule has 19 heavy (non-hydrogen) atoms. The summed E-state index contributed by atoms with van der Waals surface area (Å²) >= 11 is 1.82. The van der Waals surface area contributed by atoms with Gasteiger partial charge in [0.15, 0.2) is 0 Å². The molecule has 0 bridgehead atoms. The third kappa shape index (κ3) is 2.49. The second kappa shape index (κ2) is 5.28. The summed E-state index contributed by atoms with van der Waals surface area (Å²) in [6.07, 6.45) is 2.23. The predicted molar refractivity (Wildman–Crippen MR) is 78.2 cm³/mol. The number of hydrogen-bond donors (Lipinski definition) is 0. The Morgan fingerprint density at radius 3 is 2.79 bits per heavy atom. The standard InChI is InChI=1S/C15H17N3S/c1-11(10-16)18-8-6-12(7-9-18)15-17-13-4-2-3-5-14(13)19-15/h2-5,11-12H,6-9H2,1H3/t11-/m0/s1. The van der Waals surface area contributed by atoms with E-state index in [9.17, 15) is 0 Å². The lowest BCUT2D eigenvalue weighted by Gasteiger charge is -2.32. The fourth-order valence-corrected chi connectivity index (χ4v) is 3.82. The number of nitriles is 1. The monoisotopic (exact) mass is 271 g/mol. The Labute approximate surface area is 117 Å². The highest BCUT2D eigenvalue weighted by Crippen LogP contribution is 2.34. The molecular weight excluding hydrogens is 254 g/mol. The van der Waals surface area contributed by atoms with Crippen molar-refractivity contribution in [2.24, 2.45) is 0 Å². The number of para-hydroxylation sites is 1. The van der Waals surface area contributed by atoms with Gasteiger partial charge in [-0.1, -0.05) is 12.1 Å². The van der Waals surface area contributed by atoms with Crippen LogP contribution in [0, 0.1) is 11.3 Å². The summed E-state index contributed by atoms with van der Waals surface area (Å²) in [7, 11) is 0. The fraction of sp³-hybridized carbons (Fsp3) is 0.467. The minimum absolute atomic E-state index is 0.0383. The van der Waals surface area contributed by atoms with Crippen LogP contribution in [0.2, 0.25) is 0 Å². The fourth-order valence-electron chi connectivity index (χ4n) is 2.68. The first-order valence-electron chi connectivity index (χ1n) is 6.77. The number of hydrogen-bond acceptors (Lipinski definition) is 4. The molecule has 1 atom stereocenters. The smallest absolute Gasteiger partial charge is 0.0970 e. The molecule has 1 fully saturated rings. The summed E-state index contributed by atoms with van der Waals surface area (Å²) < 4.78 is 1.28. The summed E-state index contributed by atoms with van der Waals surface area (Å²) in [5, 5.41) is 10.2. The zero-order valence-corrected chi connectivity index (χ0v) is 11.9. The SMILES string of the molecule is C[C@@H](C#N)N1CCC(c2nc3ccccc3s2)CC1. The van der Waals surface area contributed by atoms with Gasteiger partial charge in [0.1, 0.15) is 0 Å². The zero-order chi connectivity index (χ0) is 13.2. The van der Waals surface area contributed by atoms with Gasteiger partial charge in [0.2, 0.25) is 0 Å². The van der Waals surface area contributed by atoms with E-state index in [1.165, 1.54) is 9.71 Å². The van der Waals surface area contributed by atoms with Crippen molar-refractivity contribution in [3.05, 3.63) is 29.3 Å². The Morgan fingerprint density at radius 2 is 2.11 bits per heavy atom. The van der Waals surface area contributed by atoms with E-state index in [0.29, 0.717) is 5.92 Å². The number of fused-ring (bicyclic) bond motifs is 1. The van der Waals surface area contributed by atoms with Gasteiger partial charge in [-0.3, -0.25) is 4.90 Å². The van der Waals surface area contributed by atoms with E-state index in [0.717, 1.165) is 31.4 Å². The number of aromatic nitrogens is 1. The van der Waals surface area contributed by atoms with Crippen LogP contribution in [-0.2, 0) is 0 Å². The summed E-state index contributed by atoms with van der Waals surface area (Å²) in [6, 6.07) is 10.7. The molecular formula is C15H17N3S. The Balaban J connectivity index is 1.73. The molecule has 0 aliphatic carbocycles. The van der Waals surface area contributed by atoms with Crippen molar-refractivity contribution in [3.8, 4) is 6.07 Å². The highest BCUT2D eigenvalue weighted by Gasteiger charge is 2.25. The van der Waals surface area contributed by atoms with Gasteiger partial charge in [-0.2, -0.15) is 5.26 Å². The molecule has 0 unspecified atom stereocenters. The maximum absolute atomic E-state index is 8.96. The molecule has 2 aromatic rings. The van der Waals surface area contributed by atoms with Gasteiger partial charge in [0.05, 0.1) is 27.3 Å². The Kier molecular flexibility index (Phi) is 3.50. The van der Waals surface area contributed by atoms with Crippen LogP contribution in [0.1, 0.15) is 30.7 Å². The van der Waals surface area contributed by atoms with Crippen molar-refractivity contribution in [1.29, 1.82) is 5.26 Å². The zero-order valence-electron chi connectivity index (χ0n) is 11.0. The van der Waals surface area contributed by atoms with Gasteiger partial charge in [0.25, 0.3) is 0 Å². The van der Waals surface area contributed by atoms with Crippen LogP contribution in [0.25, 0.3) is 10.2 Å². The maximum Gasteiger partial charge on any atom is 0.0970 e. The molecule has 0 amide bonds. The lowest BCUT2D eigenvalue weighted by atomic mass is 9.97. The molecule has 1 aromatic carbocycles. The van der Waals surface area contributed by atoms with Crippen molar-refractivity contribution in [1.82, 2.24) is 9.88 Å². The van der Waals surface area contributed by atoms with Crippen molar-refractivity contribution in [3.63, 3.8) is 0 Å². The average Bonchev–Trinajstić information content (AvgIpc) is 2.90. The van der Waals surface area contributed by atoms with E-state index in [4.69, 9.17) is 10.2 Å². The summed E-state index contributed by atoms with van der Waals surface area (Å²) in [6.45, 7) is 4.00. The van der Waals surface area contributed by atoms with Crippen LogP contribution in [0.3, 0.4) is 0 Å². The van der Waals surface area contributed by atoms with E-state index in [2.05, 4.69) is 29.2 Å². The number of likely N-dealkylation sites (tertiary alicyclic amines) is 1. The number of nitrogens with zero attached hydrogens (tertiary/aromatic N) is 3. The Bertz CT molecular complexity index is 572. The largest absolute Gasteiger partial charge is 0.288 e. The molecule has 1 aromatic heterocycles. The average molecular weight is 271 g/mol. The minimum Gasteiger partial charge on any atom is -0.288 e. The highest BCUT2D eigenvalue weighted by atomic mass is 32.1. The number of thiazole rings is 1. The van der Waals surface area contributed by atoms with E-state index >= 15 is 0 Å². The van der Waals surface area contributed by atoms with E-state index in [1.54, 1.807) is 0 Å². The van der Waals surface area contributed by atoms with Gasteiger partial charge in [-0.05, 0) is 31.9 Å². The molecule has 0 spiro atoms. The molecule has 3 rings (SSSR count). The third-order valence-corrected chi connectivity index (χ3v) is 5.12. The maximum atomic E-state index is 8.96. The molecule has 4 heteroatoms. The van der Waals surface area contributed by atoms with Crippen LogP contribution in [0.5, 0.6) is 0 Å². The molecule has 1 aliphatic rings. The highest BCUT2D eigenvalue weighted by molar-refractivity contribution is 7.18. The van der Waals surface area contributed by atoms with E-state index in [1.807, 2.05) is 24.3 Å². The van der Waals surface area contributed by atoms with Crippen LogP contribution in [-0.4, -0.2) is 29.0 Å². The molecule has 0 N–H and O–H groups in total. The third-order valence-electron chi connectivity index (χ3n) is 3.92. The topological polar surface area (TPSA) is 39.9 Å². The molecule has 2 heterocycles. The van der Waals surface area contributed by atoms with Crippen LogP contribution in [0.4, 0.5) is 0 Å². The van der Waals surface area contributed by atoms with E-state index in [-0.39, 0.29) is 6.04 Å². The van der Waals surface area contributed by atoms with Gasteiger partial charge in [0, 0.05) is 19.0 Å². The predicted octanol–water partition coefficient (Wildman–Crippen LogP) is 3.39. The molecule has 1 aliphatic heterocycles. The summed E-state index contributed by atoms with van der Waals surface area (Å²) in [5.74, 6) is 0.569. The van der Waals surface area contributed by atoms with Gasteiger partial charge < -0.3 is 0 Å². The second-order valence-corrected chi connectivity index (χ2v) is 6.20. The summed E-state index contributed by atoms with van der Waals surface area (Å²) in [5.41, 5.74) is 1.12. The molecule has 0 saturated carbocycles. The quantitative estimate of drug-likeness (QED) is 0.840. The molecule has 1 saturated heterocycles. The lowest BCUT2D eigenvalue weighted by molar-refractivity contribution is 0.190. The summed E-state index contributed by atoms with van der Waals surface area (Å²) in [4.78, 5) is 7.03. The minimum atomic E-state index is 0.0383. The number of piperidine rings is 1. The first kappa shape index (κ1) is 12.6. The molecule has 3 nitrogen and oxygen atoms in total. The Morgan fingerprint density at radius 1 is 1.37 bits per heavy atom. The van der Waals surface area contributed by atoms with Gasteiger partial charge in [-0.25, -0.2) is 4.98 Å². The second-order valence-electron chi connectivity index (χ2n) is 5.14. The van der Waals surface area contributed by atoms with Crippen LogP contribution >= 0.6 is 11.3 Å². The van der Waals surface area contributed by atoms with Crippen molar-refractivity contribution in [2.75, 3.05) is 13.1 Å². The van der Waals surface area contributed by atoms with Crippen molar-refractivity contribution < 1.29 is 0 Å². The van der Waals surface area contributed by atoms with Gasteiger partial charge >= 0.3 is 0 Å². The molecule has 98 valence electrons. The molecule has 0 radical (unpaired) electrons. The number of rotatable bonds is 2. The van der Waals surface area contributed by atoms with Crippen molar-refractivity contribution in [2.45, 2.75) is 31.7 Å². The van der Waals surface area contributed by atoms with Crippen LogP contribution in [0.15, 0.2) is 24.3 Å². The van der Waals surface area contributed by atoms with Gasteiger partial charge in [-0.15, -0.1) is 11.3 Å².